The van der Waals surface area contributed by atoms with Crippen LogP contribution < -0.4 is 10.6 Å². The van der Waals surface area contributed by atoms with E-state index in [0.29, 0.717) is 18.8 Å². The number of aliphatic hydroxyl groups is 1. The average Bonchev–Trinajstić information content (AvgIpc) is 2.68. The largest absolute Gasteiger partial charge is 0.392 e. The van der Waals surface area contributed by atoms with E-state index < -0.39 is 18.0 Å². The van der Waals surface area contributed by atoms with E-state index in [1.807, 2.05) is 0 Å². The molecule has 3 N–H and O–H groups in total. The molecule has 0 aliphatic carbocycles. The molecule has 16 heavy (non-hydrogen) atoms. The summed E-state index contributed by atoms with van der Waals surface area (Å²) in [6.45, 7) is 0.412. The Morgan fingerprint density at radius 2 is 2.44 bits per heavy atom. The van der Waals surface area contributed by atoms with Gasteiger partial charge in [-0.1, -0.05) is 0 Å². The molecule has 2 unspecified atom stereocenters. The predicted octanol–water partition coefficient (Wildman–Crippen LogP) is -0.118. The average molecular weight is 225 g/mol. The first-order valence-corrected chi connectivity index (χ1v) is 4.99. The Morgan fingerprint density at radius 1 is 1.62 bits per heavy atom. The molecular weight excluding hydrogens is 213 g/mol. The van der Waals surface area contributed by atoms with Crippen molar-refractivity contribution >= 4 is 11.7 Å². The fourth-order valence-corrected chi connectivity index (χ4v) is 1.58. The first-order valence-electron chi connectivity index (χ1n) is 4.99. The Balaban J connectivity index is 1.94. The van der Waals surface area contributed by atoms with Gasteiger partial charge in [-0.2, -0.15) is 0 Å². The lowest BCUT2D eigenvalue weighted by Gasteiger charge is -2.09. The lowest BCUT2D eigenvalue weighted by molar-refractivity contribution is -0.118. The van der Waals surface area contributed by atoms with Crippen molar-refractivity contribution in [2.45, 2.75) is 18.6 Å². The second-order valence-corrected chi connectivity index (χ2v) is 3.70. The zero-order valence-electron chi connectivity index (χ0n) is 8.48. The smallest absolute Gasteiger partial charge is 0.242 e. The van der Waals surface area contributed by atoms with E-state index in [2.05, 4.69) is 15.6 Å². The number of carbonyl (C=O) groups excluding carboxylic acids is 1. The topological polar surface area (TPSA) is 74.2 Å². The van der Waals surface area contributed by atoms with E-state index >= 15 is 0 Å². The van der Waals surface area contributed by atoms with E-state index in [9.17, 15) is 14.3 Å². The molecule has 1 amide bonds. The fourth-order valence-electron chi connectivity index (χ4n) is 1.58. The molecule has 0 bridgehead atoms. The van der Waals surface area contributed by atoms with Crippen LogP contribution in [-0.4, -0.2) is 34.7 Å². The molecule has 86 valence electrons. The maximum Gasteiger partial charge on any atom is 0.242 e. The highest BCUT2D eigenvalue weighted by Gasteiger charge is 2.28. The number of halogens is 1. The van der Waals surface area contributed by atoms with Crippen LogP contribution in [0.25, 0.3) is 0 Å². The summed E-state index contributed by atoms with van der Waals surface area (Å²) < 4.78 is 12.6. The maximum atomic E-state index is 12.6. The highest BCUT2D eigenvalue weighted by molar-refractivity contribution is 5.94. The number of carbonyl (C=O) groups is 1. The third-order valence-electron chi connectivity index (χ3n) is 2.40. The summed E-state index contributed by atoms with van der Waals surface area (Å²) in [6.07, 6.45) is 0.927. The van der Waals surface area contributed by atoms with Gasteiger partial charge in [-0.15, -0.1) is 0 Å². The zero-order chi connectivity index (χ0) is 11.5. The molecule has 1 aromatic heterocycles. The summed E-state index contributed by atoms with van der Waals surface area (Å²) in [5, 5.41) is 14.7. The van der Waals surface area contributed by atoms with Crippen molar-refractivity contribution in [3.63, 3.8) is 0 Å². The van der Waals surface area contributed by atoms with Gasteiger partial charge in [0.15, 0.2) is 0 Å². The summed E-state index contributed by atoms with van der Waals surface area (Å²) in [5.74, 6) is -0.419. The molecule has 1 aromatic rings. The van der Waals surface area contributed by atoms with Gasteiger partial charge < -0.3 is 15.7 Å². The number of nitrogens with zero attached hydrogens (tertiary/aromatic N) is 1. The summed E-state index contributed by atoms with van der Waals surface area (Å²) in [5.41, 5.74) is 0. The summed E-state index contributed by atoms with van der Waals surface area (Å²) in [4.78, 5) is 15.3. The third kappa shape index (κ3) is 2.53. The highest BCUT2D eigenvalue weighted by atomic mass is 19.1. The van der Waals surface area contributed by atoms with E-state index in [1.54, 1.807) is 0 Å². The van der Waals surface area contributed by atoms with Crippen LogP contribution in [0.3, 0.4) is 0 Å². The Morgan fingerprint density at radius 3 is 3.00 bits per heavy atom. The number of nitrogens with one attached hydrogen (secondary N) is 2. The van der Waals surface area contributed by atoms with Crippen molar-refractivity contribution in [1.82, 2.24) is 10.3 Å². The van der Waals surface area contributed by atoms with Gasteiger partial charge in [0.25, 0.3) is 0 Å². The van der Waals surface area contributed by atoms with Crippen LogP contribution in [0.4, 0.5) is 10.2 Å². The monoisotopic (exact) mass is 225 g/mol. The van der Waals surface area contributed by atoms with Gasteiger partial charge >= 0.3 is 0 Å². The van der Waals surface area contributed by atoms with Gasteiger partial charge in [-0.05, 0) is 18.6 Å². The fraction of sp³-hybridized carbons (Fsp3) is 0.400. The number of anilines is 1. The lowest BCUT2D eigenvalue weighted by Crippen LogP contribution is -2.35. The summed E-state index contributed by atoms with van der Waals surface area (Å²) >= 11 is 0. The molecule has 0 saturated carbocycles. The Kier molecular flexibility index (Phi) is 3.12. The summed E-state index contributed by atoms with van der Waals surface area (Å²) in [7, 11) is 0. The molecule has 5 nitrogen and oxygen atoms in total. The highest BCUT2D eigenvalue weighted by Crippen LogP contribution is 2.09. The molecule has 0 radical (unpaired) electrons. The number of rotatable bonds is 2. The van der Waals surface area contributed by atoms with Gasteiger partial charge in [0.05, 0.1) is 18.3 Å². The number of pyridine rings is 1. The number of hydrogen-bond donors (Lipinski definition) is 3. The Bertz CT molecular complexity index is 382. The molecule has 0 spiro atoms. The van der Waals surface area contributed by atoms with Crippen molar-refractivity contribution in [3.8, 4) is 0 Å². The first kappa shape index (κ1) is 11.0. The van der Waals surface area contributed by atoms with Crippen LogP contribution in [0.2, 0.25) is 0 Å². The normalized spacial score (nSPS) is 24.4. The molecule has 2 rings (SSSR count). The predicted molar refractivity (Wildman–Crippen MR) is 55.2 cm³/mol. The summed E-state index contributed by atoms with van der Waals surface area (Å²) in [6, 6.07) is 2.19. The van der Waals surface area contributed by atoms with Crippen molar-refractivity contribution in [1.29, 1.82) is 0 Å². The second kappa shape index (κ2) is 4.54. The lowest BCUT2D eigenvalue weighted by atomic mass is 10.2. The van der Waals surface area contributed by atoms with Crippen LogP contribution >= 0.6 is 0 Å². The zero-order valence-corrected chi connectivity index (χ0v) is 8.48. The van der Waals surface area contributed by atoms with Crippen LogP contribution in [-0.2, 0) is 4.79 Å². The molecule has 0 aromatic carbocycles. The standard InChI is InChI=1S/C10H12FN3O2/c11-6-1-2-9(13-4-6)14-10(16)8-3-7(15)5-12-8/h1-2,4,7-8,12,15H,3,5H2,(H,13,14,16). The first-order chi connectivity index (χ1) is 7.65. The number of amides is 1. The van der Waals surface area contributed by atoms with Crippen molar-refractivity contribution in [2.24, 2.45) is 0 Å². The third-order valence-corrected chi connectivity index (χ3v) is 2.40. The van der Waals surface area contributed by atoms with E-state index in [1.165, 1.54) is 12.1 Å². The van der Waals surface area contributed by atoms with Gasteiger partial charge in [0, 0.05) is 6.54 Å². The molecule has 1 aliphatic rings. The number of β-amino-alcohol motifs (C(OH)–C–C–N with tert-alkyl or cyclic N) is 1. The Hall–Kier alpha value is -1.53. The minimum absolute atomic E-state index is 0.268. The minimum atomic E-state index is -0.489. The number of aromatic nitrogens is 1. The Labute approximate surface area is 91.7 Å². The van der Waals surface area contributed by atoms with Crippen molar-refractivity contribution < 1.29 is 14.3 Å². The molecule has 6 heteroatoms. The second-order valence-electron chi connectivity index (χ2n) is 3.70. The molecule has 2 heterocycles. The van der Waals surface area contributed by atoms with Gasteiger partial charge in [0.1, 0.15) is 11.6 Å². The molecule has 2 atom stereocenters. The van der Waals surface area contributed by atoms with Gasteiger partial charge in [-0.25, -0.2) is 9.37 Å². The van der Waals surface area contributed by atoms with Crippen molar-refractivity contribution in [3.05, 3.63) is 24.1 Å². The van der Waals surface area contributed by atoms with E-state index in [4.69, 9.17) is 0 Å². The molecule has 1 aliphatic heterocycles. The molecule has 1 fully saturated rings. The SMILES string of the molecule is O=C(Nc1ccc(F)cn1)C1CC(O)CN1. The molecule has 1 saturated heterocycles. The number of hydrogen-bond acceptors (Lipinski definition) is 4. The minimum Gasteiger partial charge on any atom is -0.392 e. The van der Waals surface area contributed by atoms with E-state index in [0.717, 1.165) is 6.20 Å². The number of aliphatic hydroxyl groups excluding tert-OH is 1. The molecular formula is C10H12FN3O2. The van der Waals surface area contributed by atoms with Crippen LogP contribution in [0.5, 0.6) is 0 Å². The maximum absolute atomic E-state index is 12.6. The van der Waals surface area contributed by atoms with E-state index in [-0.39, 0.29) is 5.91 Å². The van der Waals surface area contributed by atoms with Gasteiger partial charge in [0.2, 0.25) is 5.91 Å². The quantitative estimate of drug-likeness (QED) is 0.656. The van der Waals surface area contributed by atoms with Crippen LogP contribution in [0, 0.1) is 5.82 Å². The van der Waals surface area contributed by atoms with Crippen LogP contribution in [0.1, 0.15) is 6.42 Å². The van der Waals surface area contributed by atoms with Gasteiger partial charge in [-0.3, -0.25) is 4.79 Å². The van der Waals surface area contributed by atoms with Crippen molar-refractivity contribution in [2.75, 3.05) is 11.9 Å². The van der Waals surface area contributed by atoms with Crippen LogP contribution in [0.15, 0.2) is 18.3 Å².